The third-order valence-corrected chi connectivity index (χ3v) is 4.19. The fraction of sp³-hybridized carbons (Fsp3) is 0.250. The van der Waals surface area contributed by atoms with Crippen LogP contribution in [0.3, 0.4) is 0 Å². The van der Waals surface area contributed by atoms with Gasteiger partial charge in [0.05, 0.1) is 9.80 Å². The van der Waals surface area contributed by atoms with Gasteiger partial charge in [-0.2, -0.15) is 0 Å². The van der Waals surface area contributed by atoms with Crippen molar-refractivity contribution >= 4 is 28.8 Å². The molecule has 1 heterocycles. The fourth-order valence-electron chi connectivity index (χ4n) is 2.09. The molecule has 0 spiro atoms. The molecule has 0 aliphatic heterocycles. The van der Waals surface area contributed by atoms with Gasteiger partial charge in [-0.15, -0.1) is 11.3 Å². The van der Waals surface area contributed by atoms with E-state index < -0.39 is 4.92 Å². The zero-order chi connectivity index (χ0) is 17.5. The SMILES string of the molecule is Cc1cc(C(=O)NCCCNC(=O)c2cccs2)ccc1[N+](=O)[O-]. The lowest BCUT2D eigenvalue weighted by atomic mass is 10.1. The topological polar surface area (TPSA) is 101 Å². The zero-order valence-corrected chi connectivity index (χ0v) is 13.9. The van der Waals surface area contributed by atoms with E-state index >= 15 is 0 Å². The largest absolute Gasteiger partial charge is 0.352 e. The number of nitrogens with zero attached hydrogens (tertiary/aromatic N) is 1. The van der Waals surface area contributed by atoms with Gasteiger partial charge in [-0.3, -0.25) is 19.7 Å². The molecule has 2 rings (SSSR count). The number of aryl methyl sites for hydroxylation is 1. The molecular weight excluding hydrogens is 330 g/mol. The van der Waals surface area contributed by atoms with E-state index in [1.54, 1.807) is 13.0 Å². The smallest absolute Gasteiger partial charge is 0.272 e. The Kier molecular flexibility index (Phi) is 6.02. The maximum atomic E-state index is 12.0. The van der Waals surface area contributed by atoms with Gasteiger partial charge in [0, 0.05) is 30.3 Å². The third-order valence-electron chi connectivity index (χ3n) is 3.33. The molecule has 0 aliphatic carbocycles. The van der Waals surface area contributed by atoms with Crippen molar-refractivity contribution in [1.82, 2.24) is 10.6 Å². The highest BCUT2D eigenvalue weighted by Crippen LogP contribution is 2.18. The molecule has 8 heteroatoms. The van der Waals surface area contributed by atoms with Crippen LogP contribution in [0.25, 0.3) is 0 Å². The van der Waals surface area contributed by atoms with Gasteiger partial charge in [0.1, 0.15) is 0 Å². The van der Waals surface area contributed by atoms with Crippen LogP contribution in [0.1, 0.15) is 32.0 Å². The maximum Gasteiger partial charge on any atom is 0.272 e. The van der Waals surface area contributed by atoms with Gasteiger partial charge in [0.15, 0.2) is 0 Å². The molecule has 2 amide bonds. The van der Waals surface area contributed by atoms with Crippen LogP contribution in [-0.4, -0.2) is 29.8 Å². The Morgan fingerprint density at radius 2 is 1.88 bits per heavy atom. The van der Waals surface area contributed by atoms with Crippen molar-refractivity contribution in [2.75, 3.05) is 13.1 Å². The number of carbonyl (C=O) groups excluding carboxylic acids is 2. The monoisotopic (exact) mass is 347 g/mol. The highest BCUT2D eigenvalue weighted by atomic mass is 32.1. The summed E-state index contributed by atoms with van der Waals surface area (Å²) in [6.45, 7) is 2.45. The van der Waals surface area contributed by atoms with Gasteiger partial charge >= 0.3 is 0 Å². The molecule has 0 saturated carbocycles. The number of hydrogen-bond acceptors (Lipinski definition) is 5. The predicted octanol–water partition coefficient (Wildman–Crippen LogP) is 2.51. The Hall–Kier alpha value is -2.74. The van der Waals surface area contributed by atoms with Crippen molar-refractivity contribution in [2.45, 2.75) is 13.3 Å². The highest BCUT2D eigenvalue weighted by Gasteiger charge is 2.13. The van der Waals surface area contributed by atoms with Crippen molar-refractivity contribution in [2.24, 2.45) is 0 Å². The summed E-state index contributed by atoms with van der Waals surface area (Å²) >= 11 is 1.37. The second kappa shape index (κ2) is 8.21. The number of nitro benzene ring substituents is 1. The van der Waals surface area contributed by atoms with Crippen LogP contribution >= 0.6 is 11.3 Å². The van der Waals surface area contributed by atoms with Gasteiger partial charge in [0.25, 0.3) is 17.5 Å². The average Bonchev–Trinajstić information content (AvgIpc) is 3.08. The van der Waals surface area contributed by atoms with Crippen molar-refractivity contribution in [3.05, 3.63) is 61.8 Å². The molecule has 2 aromatic rings. The Morgan fingerprint density at radius 1 is 1.17 bits per heavy atom. The molecule has 0 atom stereocenters. The first kappa shape index (κ1) is 17.6. The minimum absolute atomic E-state index is 0.0113. The minimum Gasteiger partial charge on any atom is -0.352 e. The molecule has 24 heavy (non-hydrogen) atoms. The first-order chi connectivity index (χ1) is 11.5. The van der Waals surface area contributed by atoms with E-state index in [0.29, 0.717) is 35.5 Å². The number of nitrogens with one attached hydrogen (secondary N) is 2. The van der Waals surface area contributed by atoms with Crippen LogP contribution in [0.4, 0.5) is 5.69 Å². The molecule has 0 radical (unpaired) electrons. The minimum atomic E-state index is -0.479. The third kappa shape index (κ3) is 4.63. The van der Waals surface area contributed by atoms with E-state index in [9.17, 15) is 19.7 Å². The number of carbonyl (C=O) groups is 2. The molecular formula is C16H17N3O4S. The van der Waals surface area contributed by atoms with E-state index in [-0.39, 0.29) is 17.5 Å². The van der Waals surface area contributed by atoms with E-state index in [1.165, 1.54) is 29.5 Å². The van der Waals surface area contributed by atoms with E-state index in [1.807, 2.05) is 11.4 Å². The first-order valence-corrected chi connectivity index (χ1v) is 8.22. The van der Waals surface area contributed by atoms with Crippen molar-refractivity contribution in [3.63, 3.8) is 0 Å². The fourth-order valence-corrected chi connectivity index (χ4v) is 2.73. The van der Waals surface area contributed by atoms with Crippen LogP contribution in [0.5, 0.6) is 0 Å². The summed E-state index contributed by atoms with van der Waals surface area (Å²) < 4.78 is 0. The number of nitro groups is 1. The molecule has 0 saturated heterocycles. The second-order valence-electron chi connectivity index (χ2n) is 5.10. The van der Waals surface area contributed by atoms with Gasteiger partial charge in [-0.1, -0.05) is 6.07 Å². The lowest BCUT2D eigenvalue weighted by molar-refractivity contribution is -0.385. The summed E-state index contributed by atoms with van der Waals surface area (Å²) in [4.78, 5) is 34.6. The van der Waals surface area contributed by atoms with Crippen molar-refractivity contribution in [3.8, 4) is 0 Å². The Bertz CT molecular complexity index is 744. The normalized spacial score (nSPS) is 10.2. The summed E-state index contributed by atoms with van der Waals surface area (Å²) in [5.74, 6) is -0.417. The number of hydrogen-bond donors (Lipinski definition) is 2. The molecule has 7 nitrogen and oxygen atoms in total. The molecule has 2 N–H and O–H groups in total. The van der Waals surface area contributed by atoms with Crippen molar-refractivity contribution < 1.29 is 14.5 Å². The van der Waals surface area contributed by atoms with E-state index in [4.69, 9.17) is 0 Å². The zero-order valence-electron chi connectivity index (χ0n) is 13.1. The van der Waals surface area contributed by atoms with Gasteiger partial charge in [0.2, 0.25) is 0 Å². The molecule has 1 aromatic heterocycles. The molecule has 1 aromatic carbocycles. The molecule has 126 valence electrons. The Morgan fingerprint density at radius 3 is 2.46 bits per heavy atom. The quantitative estimate of drug-likeness (QED) is 0.456. The summed E-state index contributed by atoms with van der Waals surface area (Å²) in [6.07, 6.45) is 0.592. The molecule has 0 aliphatic rings. The maximum absolute atomic E-state index is 12.0. The predicted molar refractivity (Wildman–Crippen MR) is 91.4 cm³/mol. The average molecular weight is 347 g/mol. The molecule has 0 fully saturated rings. The van der Waals surface area contributed by atoms with Crippen LogP contribution < -0.4 is 10.6 Å². The van der Waals surface area contributed by atoms with Crippen LogP contribution in [0.15, 0.2) is 35.7 Å². The standard InChI is InChI=1S/C16H17N3O4S/c1-11-10-12(5-6-13(11)19(22)23)15(20)17-7-3-8-18-16(21)14-4-2-9-24-14/h2,4-6,9-10H,3,7-8H2,1H3,(H,17,20)(H,18,21). The van der Waals surface area contributed by atoms with E-state index in [0.717, 1.165) is 0 Å². The summed E-state index contributed by atoms with van der Waals surface area (Å²) in [6, 6.07) is 7.81. The van der Waals surface area contributed by atoms with Crippen LogP contribution in [0, 0.1) is 17.0 Å². The Labute approximate surface area is 142 Å². The van der Waals surface area contributed by atoms with Gasteiger partial charge < -0.3 is 10.6 Å². The summed E-state index contributed by atoms with van der Waals surface area (Å²) in [5.41, 5.74) is 0.805. The lowest BCUT2D eigenvalue weighted by Gasteiger charge is -2.07. The number of thiophene rings is 1. The molecule has 0 unspecified atom stereocenters. The highest BCUT2D eigenvalue weighted by molar-refractivity contribution is 7.12. The van der Waals surface area contributed by atoms with Gasteiger partial charge in [-0.25, -0.2) is 0 Å². The van der Waals surface area contributed by atoms with Crippen LogP contribution in [0.2, 0.25) is 0 Å². The summed E-state index contributed by atoms with van der Waals surface area (Å²) in [7, 11) is 0. The number of rotatable bonds is 7. The van der Waals surface area contributed by atoms with Crippen molar-refractivity contribution in [1.29, 1.82) is 0 Å². The lowest BCUT2D eigenvalue weighted by Crippen LogP contribution is -2.29. The molecule has 0 bridgehead atoms. The Balaban J connectivity index is 1.74. The van der Waals surface area contributed by atoms with Crippen LogP contribution in [-0.2, 0) is 0 Å². The summed E-state index contributed by atoms with van der Waals surface area (Å²) in [5, 5.41) is 18.1. The number of amides is 2. The number of benzene rings is 1. The van der Waals surface area contributed by atoms with E-state index in [2.05, 4.69) is 10.6 Å². The first-order valence-electron chi connectivity index (χ1n) is 7.34. The van der Waals surface area contributed by atoms with Gasteiger partial charge in [-0.05, 0) is 36.9 Å². The second-order valence-corrected chi connectivity index (χ2v) is 6.05.